The Bertz CT molecular complexity index is 420. The molecule has 0 aromatic carbocycles. The molecule has 1 heterocycles. The van der Waals surface area contributed by atoms with Crippen LogP contribution in [0.5, 0.6) is 0 Å². The van der Waals surface area contributed by atoms with E-state index < -0.39 is 11.7 Å². The van der Waals surface area contributed by atoms with Crippen LogP contribution in [0, 0.1) is 5.92 Å². The Hall–Kier alpha value is -1.59. The van der Waals surface area contributed by atoms with Crippen LogP contribution in [0.1, 0.15) is 37.7 Å². The first-order valence-electron chi connectivity index (χ1n) is 6.38. The zero-order valence-electron chi connectivity index (χ0n) is 10.5. The topological polar surface area (TPSA) is 37.3 Å². The van der Waals surface area contributed by atoms with E-state index in [9.17, 15) is 13.2 Å². The first kappa shape index (κ1) is 13.8. The van der Waals surface area contributed by atoms with Gasteiger partial charge in [-0.3, -0.25) is 5.43 Å². The summed E-state index contributed by atoms with van der Waals surface area (Å²) in [6.07, 6.45) is 4.26. The van der Waals surface area contributed by atoms with E-state index in [0.717, 1.165) is 25.1 Å². The maximum Gasteiger partial charge on any atom is 0.417 e. The molecule has 1 fully saturated rings. The van der Waals surface area contributed by atoms with Crippen LogP contribution in [-0.2, 0) is 6.18 Å². The van der Waals surface area contributed by atoms with Gasteiger partial charge in [0.1, 0.15) is 5.82 Å². The number of aromatic nitrogens is 1. The van der Waals surface area contributed by atoms with E-state index in [2.05, 4.69) is 15.5 Å². The van der Waals surface area contributed by atoms with Crippen molar-refractivity contribution in [2.24, 2.45) is 11.0 Å². The predicted molar refractivity (Wildman–Crippen MR) is 67.9 cm³/mol. The Kier molecular flexibility index (Phi) is 4.39. The third-order valence-electron chi connectivity index (χ3n) is 3.21. The summed E-state index contributed by atoms with van der Waals surface area (Å²) in [6.45, 7) is 0. The number of anilines is 1. The average molecular weight is 271 g/mol. The van der Waals surface area contributed by atoms with E-state index >= 15 is 0 Å². The van der Waals surface area contributed by atoms with Crippen LogP contribution in [0.15, 0.2) is 23.4 Å². The molecule has 0 amide bonds. The fourth-order valence-corrected chi connectivity index (χ4v) is 2.12. The van der Waals surface area contributed by atoms with Crippen LogP contribution in [0.3, 0.4) is 0 Å². The maximum absolute atomic E-state index is 12.3. The highest BCUT2D eigenvalue weighted by atomic mass is 19.4. The predicted octanol–water partition coefficient (Wildman–Crippen LogP) is 4.08. The number of alkyl halides is 3. The van der Waals surface area contributed by atoms with Crippen LogP contribution >= 0.6 is 0 Å². The highest BCUT2D eigenvalue weighted by Gasteiger charge is 2.30. The molecule has 0 aliphatic heterocycles. The van der Waals surface area contributed by atoms with Crippen molar-refractivity contribution in [2.75, 3.05) is 5.43 Å². The van der Waals surface area contributed by atoms with Gasteiger partial charge in [-0.2, -0.15) is 18.3 Å². The summed E-state index contributed by atoms with van der Waals surface area (Å²) in [5.74, 6) is 0.788. The average Bonchev–Trinajstić information content (AvgIpc) is 2.39. The zero-order valence-corrected chi connectivity index (χ0v) is 10.5. The summed E-state index contributed by atoms with van der Waals surface area (Å²) in [4.78, 5) is 3.68. The van der Waals surface area contributed by atoms with Crippen molar-refractivity contribution in [2.45, 2.75) is 38.3 Å². The molecule has 1 aromatic rings. The first-order valence-corrected chi connectivity index (χ1v) is 6.38. The molecule has 1 N–H and O–H groups in total. The summed E-state index contributed by atoms with van der Waals surface area (Å²) in [5, 5.41) is 4.04. The smallest absolute Gasteiger partial charge is 0.262 e. The third-order valence-corrected chi connectivity index (χ3v) is 3.21. The van der Waals surface area contributed by atoms with Gasteiger partial charge in [0.2, 0.25) is 0 Å². The van der Waals surface area contributed by atoms with Crippen LogP contribution in [-0.4, -0.2) is 11.2 Å². The monoisotopic (exact) mass is 271 g/mol. The molecule has 1 aliphatic rings. The minimum Gasteiger partial charge on any atom is -0.262 e. The van der Waals surface area contributed by atoms with E-state index in [1.165, 1.54) is 25.3 Å². The Labute approximate surface area is 109 Å². The molecule has 0 unspecified atom stereocenters. The highest BCUT2D eigenvalue weighted by molar-refractivity contribution is 5.62. The molecule has 6 heteroatoms. The van der Waals surface area contributed by atoms with Crippen LogP contribution in [0.2, 0.25) is 0 Å². The Morgan fingerprint density at radius 2 is 1.95 bits per heavy atom. The lowest BCUT2D eigenvalue weighted by Gasteiger charge is -2.16. The van der Waals surface area contributed by atoms with Gasteiger partial charge in [0.25, 0.3) is 0 Å². The Morgan fingerprint density at radius 3 is 2.53 bits per heavy atom. The molecule has 19 heavy (non-hydrogen) atoms. The second-order valence-corrected chi connectivity index (χ2v) is 4.72. The quantitative estimate of drug-likeness (QED) is 0.664. The Morgan fingerprint density at radius 1 is 1.21 bits per heavy atom. The van der Waals surface area contributed by atoms with Crippen molar-refractivity contribution in [1.82, 2.24) is 4.98 Å². The number of halogens is 3. The number of hydrogen-bond acceptors (Lipinski definition) is 3. The molecule has 0 saturated heterocycles. The summed E-state index contributed by atoms with van der Waals surface area (Å²) >= 11 is 0. The minimum atomic E-state index is -4.35. The second-order valence-electron chi connectivity index (χ2n) is 4.72. The van der Waals surface area contributed by atoms with Gasteiger partial charge < -0.3 is 0 Å². The fraction of sp³-hybridized carbons (Fsp3) is 0.538. The van der Waals surface area contributed by atoms with Crippen molar-refractivity contribution >= 4 is 12.0 Å². The maximum atomic E-state index is 12.3. The van der Waals surface area contributed by atoms with Gasteiger partial charge in [0, 0.05) is 12.4 Å². The third kappa shape index (κ3) is 4.22. The van der Waals surface area contributed by atoms with Gasteiger partial charge in [0.15, 0.2) is 0 Å². The molecule has 3 nitrogen and oxygen atoms in total. The molecule has 0 atom stereocenters. The molecule has 1 aromatic heterocycles. The number of hydrazone groups is 1. The van der Waals surface area contributed by atoms with E-state index in [1.807, 2.05) is 6.21 Å². The normalized spacial score (nSPS) is 17.8. The standard InChI is InChI=1S/C13H16F3N3/c14-13(15,16)11-6-7-12(17-9-11)19-18-8-10-4-2-1-3-5-10/h6-10H,1-5H2,(H,17,19)/b18-8-. The van der Waals surface area contributed by atoms with Crippen LogP contribution < -0.4 is 5.43 Å². The summed E-state index contributed by atoms with van der Waals surface area (Å²) in [6, 6.07) is 2.27. The minimum absolute atomic E-state index is 0.319. The van der Waals surface area contributed by atoms with Crippen molar-refractivity contribution < 1.29 is 13.2 Å². The molecule has 2 rings (SSSR count). The largest absolute Gasteiger partial charge is 0.417 e. The molecular formula is C13H16F3N3. The molecule has 104 valence electrons. The van der Waals surface area contributed by atoms with E-state index in [4.69, 9.17) is 0 Å². The molecule has 0 spiro atoms. The zero-order chi connectivity index (χ0) is 13.7. The number of nitrogens with zero attached hydrogens (tertiary/aromatic N) is 2. The number of hydrogen-bond donors (Lipinski definition) is 1. The molecule has 1 aliphatic carbocycles. The second kappa shape index (κ2) is 6.04. The molecular weight excluding hydrogens is 255 g/mol. The van der Waals surface area contributed by atoms with Crippen molar-refractivity contribution in [3.8, 4) is 0 Å². The molecule has 1 saturated carbocycles. The van der Waals surface area contributed by atoms with Gasteiger partial charge >= 0.3 is 6.18 Å². The lowest BCUT2D eigenvalue weighted by atomic mass is 9.90. The lowest BCUT2D eigenvalue weighted by Crippen LogP contribution is -2.08. The highest BCUT2D eigenvalue weighted by Crippen LogP contribution is 2.28. The molecule has 0 bridgehead atoms. The first-order chi connectivity index (χ1) is 9.05. The number of nitrogens with one attached hydrogen (secondary N) is 1. The van der Waals surface area contributed by atoms with Crippen molar-refractivity contribution in [1.29, 1.82) is 0 Å². The van der Waals surface area contributed by atoms with Crippen molar-refractivity contribution in [3.63, 3.8) is 0 Å². The van der Waals surface area contributed by atoms with Gasteiger partial charge in [-0.1, -0.05) is 19.3 Å². The summed E-state index contributed by atoms with van der Waals surface area (Å²) in [7, 11) is 0. The van der Waals surface area contributed by atoms with E-state index in [0.29, 0.717) is 11.7 Å². The fourth-order valence-electron chi connectivity index (χ4n) is 2.12. The van der Waals surface area contributed by atoms with Crippen LogP contribution in [0.25, 0.3) is 0 Å². The lowest BCUT2D eigenvalue weighted by molar-refractivity contribution is -0.137. The Balaban J connectivity index is 1.87. The van der Waals surface area contributed by atoms with Gasteiger partial charge in [-0.15, -0.1) is 0 Å². The number of rotatable bonds is 3. The molecule has 0 radical (unpaired) electrons. The van der Waals surface area contributed by atoms with E-state index in [-0.39, 0.29) is 0 Å². The van der Waals surface area contributed by atoms with Crippen molar-refractivity contribution in [3.05, 3.63) is 23.9 Å². The summed E-state index contributed by atoms with van der Waals surface area (Å²) < 4.78 is 37.0. The van der Waals surface area contributed by atoms with Gasteiger partial charge in [-0.25, -0.2) is 4.98 Å². The number of pyridine rings is 1. The van der Waals surface area contributed by atoms with Crippen LogP contribution in [0.4, 0.5) is 19.0 Å². The SMILES string of the molecule is FC(F)(F)c1ccc(N/N=C\C2CCCCC2)nc1. The summed E-state index contributed by atoms with van der Waals surface area (Å²) in [5.41, 5.74) is 1.91. The van der Waals surface area contributed by atoms with Gasteiger partial charge in [0.05, 0.1) is 5.56 Å². The van der Waals surface area contributed by atoms with Gasteiger partial charge in [-0.05, 0) is 30.9 Å². The van der Waals surface area contributed by atoms with E-state index in [1.54, 1.807) is 0 Å².